The summed E-state index contributed by atoms with van der Waals surface area (Å²) >= 11 is 0. The highest BCUT2D eigenvalue weighted by atomic mass is 15.1. The van der Waals surface area contributed by atoms with Crippen molar-refractivity contribution in [1.29, 1.82) is 0 Å². The molecule has 0 atom stereocenters. The molecule has 0 unspecified atom stereocenters. The number of rotatable bonds is 0. The van der Waals surface area contributed by atoms with Gasteiger partial charge < -0.3 is 0 Å². The van der Waals surface area contributed by atoms with Crippen LogP contribution in [0.15, 0.2) is 12.4 Å². The molecule has 0 aromatic carbocycles. The van der Waals surface area contributed by atoms with Crippen molar-refractivity contribution >= 4 is 0 Å². The van der Waals surface area contributed by atoms with Crippen LogP contribution in [0.3, 0.4) is 0 Å². The van der Waals surface area contributed by atoms with E-state index in [9.17, 15) is 0 Å². The van der Waals surface area contributed by atoms with Gasteiger partial charge in [0.25, 0.3) is 0 Å². The van der Waals surface area contributed by atoms with E-state index >= 15 is 0 Å². The van der Waals surface area contributed by atoms with E-state index in [1.165, 1.54) is 0 Å². The highest BCUT2D eigenvalue weighted by molar-refractivity contribution is 5.04. The molecular weight excluding hydrogens is 76.1 g/mol. The molecule has 0 saturated heterocycles. The number of H-pyrrole nitrogens is 1. The molecule has 2 nitrogen and oxygen atoms in total. The van der Waals surface area contributed by atoms with Crippen molar-refractivity contribution in [1.82, 2.24) is 10.2 Å². The van der Waals surface area contributed by atoms with Crippen LogP contribution in [-0.4, -0.2) is 10.2 Å². The number of hydrogen-bond donors (Lipinski definition) is 1. The van der Waals surface area contributed by atoms with Crippen molar-refractivity contribution in [2.45, 2.75) is 0 Å². The van der Waals surface area contributed by atoms with Gasteiger partial charge in [0.15, 0.2) is 0 Å². The molecule has 1 aromatic heterocycles. The Morgan fingerprint density at radius 2 is 2.67 bits per heavy atom. The van der Waals surface area contributed by atoms with Crippen LogP contribution >= 0.6 is 0 Å². The van der Waals surface area contributed by atoms with Crippen LogP contribution in [0, 0.1) is 6.92 Å². The number of aromatic amines is 1. The van der Waals surface area contributed by atoms with Crippen LogP contribution in [0.5, 0.6) is 0 Å². The molecule has 1 radical (unpaired) electrons. The van der Waals surface area contributed by atoms with Gasteiger partial charge in [-0.2, -0.15) is 5.10 Å². The topological polar surface area (TPSA) is 28.7 Å². The summed E-state index contributed by atoms with van der Waals surface area (Å²) in [5, 5.41) is 6.25. The van der Waals surface area contributed by atoms with Crippen LogP contribution in [0.4, 0.5) is 0 Å². The molecule has 0 spiro atoms. The highest BCUT2D eigenvalue weighted by Gasteiger charge is 1.74. The highest BCUT2D eigenvalue weighted by Crippen LogP contribution is 1.84. The molecule has 1 N–H and O–H groups in total. The molecule has 0 saturated carbocycles. The van der Waals surface area contributed by atoms with E-state index in [2.05, 4.69) is 17.1 Å². The Morgan fingerprint density at radius 1 is 1.83 bits per heavy atom. The molecule has 2 heteroatoms. The van der Waals surface area contributed by atoms with Crippen molar-refractivity contribution in [3.63, 3.8) is 0 Å². The minimum atomic E-state index is 0.926. The van der Waals surface area contributed by atoms with Gasteiger partial charge in [0, 0.05) is 6.20 Å². The molecule has 0 aliphatic rings. The number of aromatic nitrogens is 2. The van der Waals surface area contributed by atoms with Gasteiger partial charge in [-0.15, -0.1) is 0 Å². The fourth-order valence-electron chi connectivity index (χ4n) is 0.278. The molecule has 0 amide bonds. The van der Waals surface area contributed by atoms with E-state index in [-0.39, 0.29) is 0 Å². The van der Waals surface area contributed by atoms with Crippen LogP contribution in [0.2, 0.25) is 0 Å². The van der Waals surface area contributed by atoms with Crippen molar-refractivity contribution < 1.29 is 0 Å². The van der Waals surface area contributed by atoms with E-state index in [1.54, 1.807) is 12.4 Å². The van der Waals surface area contributed by atoms with Gasteiger partial charge in [-0.25, -0.2) is 0 Å². The van der Waals surface area contributed by atoms with Gasteiger partial charge in [-0.3, -0.25) is 5.10 Å². The summed E-state index contributed by atoms with van der Waals surface area (Å²) < 4.78 is 0. The van der Waals surface area contributed by atoms with Crippen molar-refractivity contribution in [3.8, 4) is 0 Å². The lowest BCUT2D eigenvalue weighted by molar-refractivity contribution is 1.09. The first-order valence-corrected chi connectivity index (χ1v) is 1.70. The Kier molecular flexibility index (Phi) is 0.638. The zero-order chi connectivity index (χ0) is 4.41. The smallest absolute Gasteiger partial charge is 0.0519 e. The van der Waals surface area contributed by atoms with Crippen LogP contribution in [-0.2, 0) is 0 Å². The molecule has 1 heterocycles. The quantitative estimate of drug-likeness (QED) is 0.486. The second-order valence-electron chi connectivity index (χ2n) is 1.11. The third-order valence-corrected chi connectivity index (χ3v) is 0.555. The lowest BCUT2D eigenvalue weighted by Gasteiger charge is -1.62. The molecule has 31 valence electrons. The van der Waals surface area contributed by atoms with E-state index in [4.69, 9.17) is 0 Å². The van der Waals surface area contributed by atoms with Crippen LogP contribution in [0.1, 0.15) is 5.56 Å². The van der Waals surface area contributed by atoms with Gasteiger partial charge in [0.2, 0.25) is 0 Å². The number of nitrogens with one attached hydrogen (secondary N) is 1. The van der Waals surface area contributed by atoms with Gasteiger partial charge in [0.05, 0.1) is 6.20 Å². The van der Waals surface area contributed by atoms with Gasteiger partial charge >= 0.3 is 0 Å². The normalized spacial score (nSPS) is 8.83. The minimum absolute atomic E-state index is 0.926. The maximum Gasteiger partial charge on any atom is 0.0519 e. The number of hydrogen-bond acceptors (Lipinski definition) is 1. The standard InChI is InChI=1S/C4H5N2/c1-4-2-5-6-3-4/h2-3H,1H2,(H,5,6). The largest absolute Gasteiger partial charge is 0.285 e. The molecular formula is C4H5N2. The van der Waals surface area contributed by atoms with Gasteiger partial charge in [-0.05, 0) is 12.5 Å². The fraction of sp³-hybridized carbons (Fsp3) is 0. The molecule has 0 bridgehead atoms. The Bertz CT molecular complexity index is 109. The molecule has 0 aliphatic carbocycles. The molecule has 1 rings (SSSR count). The summed E-state index contributed by atoms with van der Waals surface area (Å²) in [6.07, 6.45) is 3.40. The fourth-order valence-corrected chi connectivity index (χ4v) is 0.278. The van der Waals surface area contributed by atoms with Crippen molar-refractivity contribution in [2.24, 2.45) is 0 Å². The SMILES string of the molecule is [CH2]c1cn[nH]c1. The second kappa shape index (κ2) is 1.12. The van der Waals surface area contributed by atoms with E-state index < -0.39 is 0 Å². The van der Waals surface area contributed by atoms with Crippen molar-refractivity contribution in [3.05, 3.63) is 24.9 Å². The predicted octanol–water partition coefficient (Wildman–Crippen LogP) is 0.592. The average molecular weight is 81.1 g/mol. The lowest BCUT2D eigenvalue weighted by Crippen LogP contribution is -1.53. The summed E-state index contributed by atoms with van der Waals surface area (Å²) in [6.45, 7) is 3.59. The Hall–Kier alpha value is -0.790. The van der Waals surface area contributed by atoms with Crippen molar-refractivity contribution in [2.75, 3.05) is 0 Å². The summed E-state index contributed by atoms with van der Waals surface area (Å²) in [6, 6.07) is 0. The third-order valence-electron chi connectivity index (χ3n) is 0.555. The lowest BCUT2D eigenvalue weighted by atomic mass is 10.4. The molecule has 0 fully saturated rings. The zero-order valence-corrected chi connectivity index (χ0v) is 3.31. The Balaban J connectivity index is 3.05. The summed E-state index contributed by atoms with van der Waals surface area (Å²) in [7, 11) is 0. The summed E-state index contributed by atoms with van der Waals surface area (Å²) in [4.78, 5) is 0. The van der Waals surface area contributed by atoms with E-state index in [0.29, 0.717) is 0 Å². The number of nitrogens with zero attached hydrogens (tertiary/aromatic N) is 1. The van der Waals surface area contributed by atoms with E-state index in [1.807, 2.05) is 0 Å². The minimum Gasteiger partial charge on any atom is -0.285 e. The molecule has 0 aliphatic heterocycles. The zero-order valence-electron chi connectivity index (χ0n) is 3.31. The average Bonchev–Trinajstić information content (AvgIpc) is 1.86. The first kappa shape index (κ1) is 3.40. The van der Waals surface area contributed by atoms with E-state index in [0.717, 1.165) is 5.56 Å². The Labute approximate surface area is 36.2 Å². The third kappa shape index (κ3) is 0.407. The maximum atomic E-state index is 3.63. The van der Waals surface area contributed by atoms with Crippen LogP contribution < -0.4 is 0 Å². The van der Waals surface area contributed by atoms with Gasteiger partial charge in [0.1, 0.15) is 0 Å². The Morgan fingerprint density at radius 3 is 2.83 bits per heavy atom. The monoisotopic (exact) mass is 81.0 g/mol. The van der Waals surface area contributed by atoms with Crippen LogP contribution in [0.25, 0.3) is 0 Å². The molecule has 1 aromatic rings. The summed E-state index contributed by atoms with van der Waals surface area (Å²) in [5.74, 6) is 0. The van der Waals surface area contributed by atoms with Gasteiger partial charge in [-0.1, -0.05) is 0 Å². The predicted molar refractivity (Wildman–Crippen MR) is 23.0 cm³/mol. The maximum absolute atomic E-state index is 3.63. The first-order chi connectivity index (χ1) is 2.89. The molecule has 6 heavy (non-hydrogen) atoms. The second-order valence-corrected chi connectivity index (χ2v) is 1.11. The summed E-state index contributed by atoms with van der Waals surface area (Å²) in [5.41, 5.74) is 0.926. The first-order valence-electron chi connectivity index (χ1n) is 1.70.